The molecule has 0 aliphatic heterocycles. The molecule has 1 aromatic heterocycles. The summed E-state index contributed by atoms with van der Waals surface area (Å²) in [5.41, 5.74) is 7.28. The highest BCUT2D eigenvalue weighted by Gasteiger charge is 2.40. The average Bonchev–Trinajstić information content (AvgIpc) is 3.47. The third kappa shape index (κ3) is 5.66. The molecule has 37 heavy (non-hydrogen) atoms. The van der Waals surface area contributed by atoms with E-state index in [4.69, 9.17) is 4.74 Å². The van der Waals surface area contributed by atoms with Crippen molar-refractivity contribution in [3.8, 4) is 11.3 Å². The molecular formula is C32H44N2O3. The number of amides is 1. The van der Waals surface area contributed by atoms with Gasteiger partial charge in [0.2, 0.25) is 0 Å². The van der Waals surface area contributed by atoms with Crippen LogP contribution in [0.2, 0.25) is 0 Å². The number of aromatic amines is 1. The Bertz CT molecular complexity index is 1130. The number of aromatic nitrogens is 1. The van der Waals surface area contributed by atoms with E-state index in [1.54, 1.807) is 0 Å². The van der Waals surface area contributed by atoms with Gasteiger partial charge in [-0.05, 0) is 89.3 Å². The number of H-pyrrole nitrogens is 1. The van der Waals surface area contributed by atoms with Crippen LogP contribution in [0.5, 0.6) is 0 Å². The number of hydrogen-bond donors (Lipinski definition) is 2. The van der Waals surface area contributed by atoms with Crippen LogP contribution < -0.4 is 5.32 Å². The number of benzene rings is 1. The van der Waals surface area contributed by atoms with Gasteiger partial charge in [-0.1, -0.05) is 65.9 Å². The van der Waals surface area contributed by atoms with Gasteiger partial charge in [0.1, 0.15) is 5.69 Å². The maximum Gasteiger partial charge on any atom is 0.308 e. The molecule has 0 spiro atoms. The van der Waals surface area contributed by atoms with Crippen molar-refractivity contribution in [1.82, 2.24) is 10.3 Å². The molecule has 3 fully saturated rings. The van der Waals surface area contributed by atoms with Crippen LogP contribution in [0.3, 0.4) is 0 Å². The molecule has 5 rings (SSSR count). The predicted molar refractivity (Wildman–Crippen MR) is 148 cm³/mol. The summed E-state index contributed by atoms with van der Waals surface area (Å²) >= 11 is 0. The number of rotatable bonds is 7. The number of hydrogen-bond acceptors (Lipinski definition) is 3. The lowest BCUT2D eigenvalue weighted by molar-refractivity contribution is -0.149. The van der Waals surface area contributed by atoms with E-state index in [2.05, 4.69) is 62.3 Å². The zero-order valence-corrected chi connectivity index (χ0v) is 23.3. The van der Waals surface area contributed by atoms with E-state index in [9.17, 15) is 9.59 Å². The molecule has 0 unspecified atom stereocenters. The quantitative estimate of drug-likeness (QED) is 0.406. The fraction of sp³-hybridized carbons (Fsp3) is 0.625. The van der Waals surface area contributed by atoms with Gasteiger partial charge in [-0.25, -0.2) is 0 Å². The molecule has 5 heteroatoms. The van der Waals surface area contributed by atoms with E-state index in [0.717, 1.165) is 12.1 Å². The van der Waals surface area contributed by atoms with E-state index in [1.807, 2.05) is 0 Å². The maximum atomic E-state index is 13.3. The molecule has 5 nitrogen and oxygen atoms in total. The van der Waals surface area contributed by atoms with Crippen LogP contribution in [-0.4, -0.2) is 30.0 Å². The van der Waals surface area contributed by atoms with Crippen molar-refractivity contribution in [1.29, 1.82) is 0 Å². The summed E-state index contributed by atoms with van der Waals surface area (Å²) < 4.78 is 4.85. The molecule has 1 amide bonds. The molecule has 0 atom stereocenters. The molecule has 2 N–H and O–H groups in total. The van der Waals surface area contributed by atoms with Gasteiger partial charge in [0.25, 0.3) is 5.91 Å². The van der Waals surface area contributed by atoms with Crippen molar-refractivity contribution >= 4 is 11.9 Å². The zero-order chi connectivity index (χ0) is 26.4. The van der Waals surface area contributed by atoms with Gasteiger partial charge in [0, 0.05) is 11.7 Å². The van der Waals surface area contributed by atoms with Gasteiger partial charge in [-0.2, -0.15) is 0 Å². The van der Waals surface area contributed by atoms with Crippen molar-refractivity contribution in [3.63, 3.8) is 0 Å². The second-order valence-electron chi connectivity index (χ2n) is 13.3. The smallest absolute Gasteiger partial charge is 0.308 e. The van der Waals surface area contributed by atoms with Gasteiger partial charge >= 0.3 is 5.97 Å². The molecule has 0 saturated heterocycles. The summed E-state index contributed by atoms with van der Waals surface area (Å²) in [7, 11) is 1.42. The second kappa shape index (κ2) is 9.96. The number of methoxy groups -OCH3 is 1. The van der Waals surface area contributed by atoms with Crippen LogP contribution in [0.4, 0.5) is 0 Å². The normalized spacial score (nSPS) is 23.3. The van der Waals surface area contributed by atoms with Crippen LogP contribution in [-0.2, 0) is 26.8 Å². The van der Waals surface area contributed by atoms with Gasteiger partial charge < -0.3 is 15.0 Å². The third-order valence-corrected chi connectivity index (χ3v) is 9.17. The summed E-state index contributed by atoms with van der Waals surface area (Å²) in [4.78, 5) is 28.6. The van der Waals surface area contributed by atoms with Gasteiger partial charge in [0.15, 0.2) is 0 Å². The lowest BCUT2D eigenvalue weighted by Crippen LogP contribution is -2.47. The first-order valence-electron chi connectivity index (χ1n) is 14.3. The highest BCUT2D eigenvalue weighted by Crippen LogP contribution is 2.49. The lowest BCUT2D eigenvalue weighted by Gasteiger charge is -2.33. The predicted octanol–water partition coefficient (Wildman–Crippen LogP) is 6.83. The fourth-order valence-corrected chi connectivity index (χ4v) is 6.13. The standard InChI is InChI=1S/C32H44N2O3/c1-31(2,3)24-14-22(15-25(19-24)32(4)11-12-32)28-21(13-20-9-7-6-8-10-20)18-27(34-28)29(35)33-26-16-23(17-26)30(36)37-5/h14-15,18-20,23,26,34H,6-13,16-17H2,1-5H3,(H,33,35). The molecular weight excluding hydrogens is 460 g/mol. The minimum atomic E-state index is -0.179. The molecule has 1 heterocycles. The van der Waals surface area contributed by atoms with Crippen LogP contribution >= 0.6 is 0 Å². The Hall–Kier alpha value is -2.56. The highest BCUT2D eigenvalue weighted by molar-refractivity contribution is 5.94. The van der Waals surface area contributed by atoms with Crippen LogP contribution in [0, 0.1) is 11.8 Å². The van der Waals surface area contributed by atoms with E-state index in [-0.39, 0.29) is 34.7 Å². The van der Waals surface area contributed by atoms with E-state index in [0.29, 0.717) is 24.5 Å². The Morgan fingerprint density at radius 3 is 2.38 bits per heavy atom. The van der Waals surface area contributed by atoms with Gasteiger partial charge in [-0.3, -0.25) is 9.59 Å². The van der Waals surface area contributed by atoms with E-state index >= 15 is 0 Å². The minimum absolute atomic E-state index is 0.0239. The van der Waals surface area contributed by atoms with Crippen LogP contribution in [0.1, 0.15) is 113 Å². The van der Waals surface area contributed by atoms with E-state index in [1.165, 1.54) is 74.3 Å². The van der Waals surface area contributed by atoms with Crippen molar-refractivity contribution < 1.29 is 14.3 Å². The van der Waals surface area contributed by atoms with Gasteiger partial charge in [-0.15, -0.1) is 0 Å². The lowest BCUT2D eigenvalue weighted by atomic mass is 9.80. The van der Waals surface area contributed by atoms with Crippen LogP contribution in [0.15, 0.2) is 24.3 Å². The van der Waals surface area contributed by atoms with Crippen molar-refractivity contribution in [2.45, 2.75) is 109 Å². The number of nitrogens with one attached hydrogen (secondary N) is 2. The van der Waals surface area contributed by atoms with E-state index < -0.39 is 0 Å². The molecule has 0 radical (unpaired) electrons. The monoisotopic (exact) mass is 504 g/mol. The molecule has 1 aromatic carbocycles. The summed E-state index contributed by atoms with van der Waals surface area (Å²) in [6, 6.07) is 9.23. The van der Waals surface area contributed by atoms with Crippen molar-refractivity contribution in [3.05, 3.63) is 46.6 Å². The summed E-state index contributed by atoms with van der Waals surface area (Å²) in [6.07, 6.45) is 11.3. The highest BCUT2D eigenvalue weighted by atomic mass is 16.5. The Labute approximate surface area is 222 Å². The van der Waals surface area contributed by atoms with Crippen LogP contribution in [0.25, 0.3) is 11.3 Å². The first-order valence-corrected chi connectivity index (χ1v) is 14.3. The molecule has 3 aliphatic rings. The molecule has 0 bridgehead atoms. The SMILES string of the molecule is COC(=O)C1CC(NC(=O)c2cc(CC3CCCCC3)c(-c3cc(C(C)(C)C)cc(C4(C)CC4)c3)[nH]2)C1. The second-order valence-corrected chi connectivity index (χ2v) is 13.3. The number of carbonyl (C=O) groups excluding carboxylic acids is 2. The Morgan fingerprint density at radius 2 is 1.76 bits per heavy atom. The first kappa shape index (κ1) is 26.1. The zero-order valence-electron chi connectivity index (χ0n) is 23.3. The topological polar surface area (TPSA) is 71.2 Å². The van der Waals surface area contributed by atoms with Gasteiger partial charge in [0.05, 0.1) is 13.0 Å². The Kier molecular flexibility index (Phi) is 7.02. The molecule has 3 saturated carbocycles. The molecule has 200 valence electrons. The average molecular weight is 505 g/mol. The number of ether oxygens (including phenoxy) is 1. The third-order valence-electron chi connectivity index (χ3n) is 9.17. The largest absolute Gasteiger partial charge is 0.469 e. The first-order chi connectivity index (χ1) is 17.6. The Morgan fingerprint density at radius 1 is 1.05 bits per heavy atom. The van der Waals surface area contributed by atoms with Crippen molar-refractivity contribution in [2.75, 3.05) is 7.11 Å². The fourth-order valence-electron chi connectivity index (χ4n) is 6.13. The maximum absolute atomic E-state index is 13.3. The summed E-state index contributed by atoms with van der Waals surface area (Å²) in [5, 5.41) is 3.14. The summed E-state index contributed by atoms with van der Waals surface area (Å²) in [5.74, 6) is 0.323. The Balaban J connectivity index is 1.45. The number of carbonyl (C=O) groups is 2. The summed E-state index contributed by atoms with van der Waals surface area (Å²) in [6.45, 7) is 9.21. The minimum Gasteiger partial charge on any atom is -0.469 e. The molecule has 3 aliphatic carbocycles. The van der Waals surface area contributed by atoms with Crippen molar-refractivity contribution in [2.24, 2.45) is 11.8 Å². The molecule has 2 aromatic rings. The number of esters is 1.